The predicted molar refractivity (Wildman–Crippen MR) is 147 cm³/mol. The first-order valence-electron chi connectivity index (χ1n) is 13.2. The third-order valence-corrected chi connectivity index (χ3v) is 8.34. The molecule has 1 aliphatic heterocycles. The maximum Gasteiger partial charge on any atom is 0.422 e. The van der Waals surface area contributed by atoms with Crippen molar-refractivity contribution >= 4 is 21.4 Å². The zero-order valence-corrected chi connectivity index (χ0v) is 24.8. The molecule has 1 N–H and O–H groups in total. The number of anilines is 1. The monoisotopic (exact) mass is 610 g/mol. The molecular formula is C27H33F3N6O5S. The van der Waals surface area contributed by atoms with E-state index in [2.05, 4.69) is 20.4 Å². The molecule has 15 heteroatoms. The van der Waals surface area contributed by atoms with Crippen LogP contribution in [-0.2, 0) is 32.8 Å². The maximum absolute atomic E-state index is 14.4. The van der Waals surface area contributed by atoms with Gasteiger partial charge in [-0.25, -0.2) is 13.1 Å². The highest BCUT2D eigenvalue weighted by atomic mass is 32.2. The molecule has 3 aromatic heterocycles. The normalized spacial score (nSPS) is 14.6. The Labute approximate surface area is 242 Å². The number of morpholine rings is 1. The summed E-state index contributed by atoms with van der Waals surface area (Å²) >= 11 is 0. The van der Waals surface area contributed by atoms with Gasteiger partial charge in [0, 0.05) is 24.8 Å². The number of nitrogens with one attached hydrogen (secondary N) is 1. The van der Waals surface area contributed by atoms with Crippen molar-refractivity contribution in [2.45, 2.75) is 57.8 Å². The van der Waals surface area contributed by atoms with Crippen LogP contribution in [0.1, 0.15) is 55.0 Å². The minimum Gasteiger partial charge on any atom is -0.437 e. The third-order valence-electron chi connectivity index (χ3n) is 6.62. The molecule has 4 rings (SSSR count). The highest BCUT2D eigenvalue weighted by Gasteiger charge is 2.40. The third kappa shape index (κ3) is 6.67. The second-order valence-electron chi connectivity index (χ2n) is 10.7. The molecule has 0 aliphatic carbocycles. The Morgan fingerprint density at radius 1 is 1.12 bits per heavy atom. The Bertz CT molecular complexity index is 1540. The molecule has 1 amide bonds. The summed E-state index contributed by atoms with van der Waals surface area (Å²) in [7, 11) is -3.42. The number of hydrogen-bond donors (Lipinski definition) is 1. The van der Waals surface area contributed by atoms with Gasteiger partial charge in [0.15, 0.2) is 21.3 Å². The summed E-state index contributed by atoms with van der Waals surface area (Å²) in [6, 6.07) is 2.90. The van der Waals surface area contributed by atoms with Crippen LogP contribution in [0.5, 0.6) is 11.6 Å². The molecule has 0 atom stereocenters. The number of hydrogen-bond acceptors (Lipinski definition) is 9. The Balaban J connectivity index is 1.65. The molecule has 1 fully saturated rings. The Kier molecular flexibility index (Phi) is 8.83. The van der Waals surface area contributed by atoms with E-state index in [1.165, 1.54) is 36.9 Å². The van der Waals surface area contributed by atoms with Crippen LogP contribution in [0, 0.1) is 6.92 Å². The fraction of sp³-hybridized carbons (Fsp3) is 0.481. The van der Waals surface area contributed by atoms with Crippen molar-refractivity contribution in [1.29, 1.82) is 0 Å². The van der Waals surface area contributed by atoms with Crippen molar-refractivity contribution < 1.29 is 35.9 Å². The molecule has 0 aromatic carbocycles. The Hall–Kier alpha value is -3.72. The maximum atomic E-state index is 14.4. The second-order valence-corrected chi connectivity index (χ2v) is 12.9. The number of alkyl halides is 3. The minimum absolute atomic E-state index is 0.0347. The van der Waals surface area contributed by atoms with Crippen LogP contribution in [0.2, 0.25) is 0 Å². The zero-order chi connectivity index (χ0) is 30.9. The minimum atomic E-state index is -4.76. The standard InChI is InChI=1S/C27H33F3N6O5S/c1-6-42(38,39)19-8-7-18(32-14-19)13-33-24(37)23-17(2)25(36(34-23)26(3,4)5)41-21-16-31-15-20(22(21)27(28,29)30)35-9-11-40-12-10-35/h7-8,14-16H,6,9-13H2,1-5H3,(H,33,37). The van der Waals surface area contributed by atoms with Crippen LogP contribution >= 0.6 is 0 Å². The second kappa shape index (κ2) is 11.9. The van der Waals surface area contributed by atoms with E-state index in [1.54, 1.807) is 25.7 Å². The van der Waals surface area contributed by atoms with Crippen LogP contribution in [0.25, 0.3) is 0 Å². The quantitative estimate of drug-likeness (QED) is 0.401. The van der Waals surface area contributed by atoms with Gasteiger partial charge < -0.3 is 19.7 Å². The van der Waals surface area contributed by atoms with E-state index in [-0.39, 0.29) is 66.3 Å². The molecule has 42 heavy (non-hydrogen) atoms. The summed E-state index contributed by atoms with van der Waals surface area (Å²) in [6.45, 7) is 9.46. The number of rotatable bonds is 8. The van der Waals surface area contributed by atoms with Gasteiger partial charge in [-0.3, -0.25) is 14.8 Å². The number of pyridine rings is 2. The van der Waals surface area contributed by atoms with Crippen LogP contribution in [0.3, 0.4) is 0 Å². The van der Waals surface area contributed by atoms with Gasteiger partial charge in [0.1, 0.15) is 5.56 Å². The van der Waals surface area contributed by atoms with Gasteiger partial charge in [0.2, 0.25) is 5.88 Å². The topological polar surface area (TPSA) is 129 Å². The van der Waals surface area contributed by atoms with Crippen molar-refractivity contribution in [3.63, 3.8) is 0 Å². The van der Waals surface area contributed by atoms with Gasteiger partial charge in [-0.1, -0.05) is 6.92 Å². The van der Waals surface area contributed by atoms with E-state index in [0.29, 0.717) is 5.69 Å². The highest BCUT2D eigenvalue weighted by Crippen LogP contribution is 2.44. The van der Waals surface area contributed by atoms with Crippen molar-refractivity contribution in [1.82, 2.24) is 25.1 Å². The van der Waals surface area contributed by atoms with Crippen LogP contribution in [-0.4, -0.2) is 66.1 Å². The highest BCUT2D eigenvalue weighted by molar-refractivity contribution is 7.91. The van der Waals surface area contributed by atoms with Crippen molar-refractivity contribution in [2.75, 3.05) is 37.0 Å². The summed E-state index contributed by atoms with van der Waals surface area (Å²) in [5, 5.41) is 7.08. The fourth-order valence-corrected chi connectivity index (χ4v) is 5.15. The lowest BCUT2D eigenvalue weighted by Crippen LogP contribution is -2.37. The molecule has 4 heterocycles. The molecule has 0 radical (unpaired) electrons. The smallest absolute Gasteiger partial charge is 0.422 e. The van der Waals surface area contributed by atoms with Gasteiger partial charge in [0.25, 0.3) is 5.91 Å². The van der Waals surface area contributed by atoms with Crippen molar-refractivity contribution in [3.8, 4) is 11.6 Å². The molecule has 0 bridgehead atoms. The lowest BCUT2D eigenvalue weighted by molar-refractivity contribution is -0.138. The van der Waals surface area contributed by atoms with E-state index < -0.39 is 38.8 Å². The van der Waals surface area contributed by atoms with Crippen LogP contribution < -0.4 is 15.0 Å². The molecule has 1 aliphatic rings. The zero-order valence-electron chi connectivity index (χ0n) is 23.9. The van der Waals surface area contributed by atoms with Gasteiger partial charge in [0.05, 0.1) is 59.7 Å². The molecule has 228 valence electrons. The Morgan fingerprint density at radius 3 is 2.38 bits per heavy atom. The van der Waals surface area contributed by atoms with Gasteiger partial charge in [-0.15, -0.1) is 0 Å². The summed E-state index contributed by atoms with van der Waals surface area (Å²) in [6.07, 6.45) is -1.37. The number of ether oxygens (including phenoxy) is 2. The fourth-order valence-electron chi connectivity index (χ4n) is 4.33. The molecule has 0 unspecified atom stereocenters. The van der Waals surface area contributed by atoms with E-state index in [0.717, 1.165) is 12.4 Å². The number of aromatic nitrogens is 4. The van der Waals surface area contributed by atoms with Gasteiger partial charge in [-0.05, 0) is 39.8 Å². The molecule has 11 nitrogen and oxygen atoms in total. The first-order chi connectivity index (χ1) is 19.6. The average Bonchev–Trinajstić information content (AvgIpc) is 3.28. The Morgan fingerprint density at radius 2 is 1.81 bits per heavy atom. The van der Waals surface area contributed by atoms with E-state index >= 15 is 0 Å². The number of nitrogens with zero attached hydrogens (tertiary/aromatic N) is 5. The number of halogens is 3. The summed E-state index contributed by atoms with van der Waals surface area (Å²) < 4.78 is 79.8. The molecule has 0 saturated carbocycles. The SMILES string of the molecule is CCS(=O)(=O)c1ccc(CNC(=O)c2nn(C(C)(C)C)c(Oc3cncc(N4CCOCC4)c3C(F)(F)F)c2C)nc1. The predicted octanol–water partition coefficient (Wildman–Crippen LogP) is 4.11. The summed E-state index contributed by atoms with van der Waals surface area (Å²) in [5.74, 6) is -1.23. The lowest BCUT2D eigenvalue weighted by atomic mass is 10.1. The van der Waals surface area contributed by atoms with E-state index in [9.17, 15) is 26.4 Å². The first-order valence-corrected chi connectivity index (χ1v) is 14.9. The van der Waals surface area contributed by atoms with Crippen molar-refractivity contribution in [3.05, 3.63) is 53.2 Å². The average molecular weight is 611 g/mol. The number of amides is 1. The molecular weight excluding hydrogens is 577 g/mol. The number of carbonyl (C=O) groups excluding carboxylic acids is 1. The number of carbonyl (C=O) groups is 1. The number of sulfone groups is 1. The first kappa shape index (κ1) is 31.2. The van der Waals surface area contributed by atoms with Crippen LogP contribution in [0.4, 0.5) is 18.9 Å². The molecule has 1 saturated heterocycles. The van der Waals surface area contributed by atoms with Crippen molar-refractivity contribution in [2.24, 2.45) is 0 Å². The van der Waals surface area contributed by atoms with E-state index in [4.69, 9.17) is 9.47 Å². The summed E-state index contributed by atoms with van der Waals surface area (Å²) in [5.41, 5.74) is -1.28. The molecule has 0 spiro atoms. The summed E-state index contributed by atoms with van der Waals surface area (Å²) in [4.78, 5) is 22.9. The molecule has 3 aromatic rings. The lowest BCUT2D eigenvalue weighted by Gasteiger charge is -2.31. The van der Waals surface area contributed by atoms with Crippen LogP contribution in [0.15, 0.2) is 35.6 Å². The van der Waals surface area contributed by atoms with E-state index in [1.807, 2.05) is 0 Å². The largest absolute Gasteiger partial charge is 0.437 e. The van der Waals surface area contributed by atoms with Gasteiger partial charge in [-0.2, -0.15) is 18.3 Å². The van der Waals surface area contributed by atoms with Gasteiger partial charge >= 0.3 is 6.18 Å².